The van der Waals surface area contributed by atoms with Crippen molar-refractivity contribution in [1.29, 1.82) is 0 Å². The van der Waals surface area contributed by atoms with Gasteiger partial charge < -0.3 is 9.84 Å². The predicted octanol–water partition coefficient (Wildman–Crippen LogP) is 3.88. The summed E-state index contributed by atoms with van der Waals surface area (Å²) in [5, 5.41) is 19.3. The maximum absolute atomic E-state index is 13.2. The van der Waals surface area contributed by atoms with Crippen LogP contribution in [0.15, 0.2) is 12.4 Å². The smallest absolute Gasteiger partial charge is 0.159 e. The molecule has 0 saturated heterocycles. The third kappa shape index (κ3) is 3.58. The summed E-state index contributed by atoms with van der Waals surface area (Å²) in [6, 6.07) is 0. The maximum Gasteiger partial charge on any atom is 0.159 e. The number of ether oxygens (including phenoxy) is 1. The molecule has 0 radical (unpaired) electrons. The lowest BCUT2D eigenvalue weighted by Crippen LogP contribution is -2.55. The van der Waals surface area contributed by atoms with Crippen molar-refractivity contribution in [1.82, 2.24) is 15.0 Å². The second-order valence-corrected chi connectivity index (χ2v) is 11.4. The lowest BCUT2D eigenvalue weighted by molar-refractivity contribution is -0.172. The highest BCUT2D eigenvalue weighted by atomic mass is 16.5. The summed E-state index contributed by atoms with van der Waals surface area (Å²) in [5.74, 6) is 3.87. The Morgan fingerprint density at radius 1 is 1.10 bits per heavy atom. The van der Waals surface area contributed by atoms with Gasteiger partial charge in [-0.2, -0.15) is 15.0 Å². The van der Waals surface area contributed by atoms with E-state index in [4.69, 9.17) is 4.74 Å². The predicted molar refractivity (Wildman–Crippen MR) is 117 cm³/mol. The van der Waals surface area contributed by atoms with Gasteiger partial charge in [-0.3, -0.25) is 4.79 Å². The average molecular weight is 430 g/mol. The topological polar surface area (TPSA) is 77.2 Å². The molecule has 31 heavy (non-hydrogen) atoms. The molecule has 1 N–H and O–H groups in total. The zero-order chi connectivity index (χ0) is 21.8. The number of rotatable bonds is 5. The molecule has 1 heterocycles. The lowest BCUT2D eigenvalue weighted by atomic mass is 9.48. The molecule has 6 heteroatoms. The molecular formula is C25H39N3O3. The van der Waals surface area contributed by atoms with Gasteiger partial charge >= 0.3 is 0 Å². The number of hydrogen-bond donors (Lipinski definition) is 1. The Balaban J connectivity index is 1.32. The number of ketones is 1. The van der Waals surface area contributed by atoms with Crippen LogP contribution in [0.2, 0.25) is 0 Å². The number of nitrogens with zero attached hydrogens (tertiary/aromatic N) is 3. The van der Waals surface area contributed by atoms with Crippen LogP contribution in [0, 0.1) is 40.9 Å². The third-order valence-electron chi connectivity index (χ3n) is 9.89. The first kappa shape index (κ1) is 21.6. The number of aliphatic hydroxyl groups is 1. The average Bonchev–Trinajstić information content (AvgIpc) is 3.35. The summed E-state index contributed by atoms with van der Waals surface area (Å²) >= 11 is 0. The van der Waals surface area contributed by atoms with Gasteiger partial charge in [0, 0.05) is 12.5 Å². The van der Waals surface area contributed by atoms with Crippen LogP contribution in [0.1, 0.15) is 72.1 Å². The van der Waals surface area contributed by atoms with Gasteiger partial charge in [0.25, 0.3) is 0 Å². The SMILES string of the molecule is CCO[C@H]1C[C@H]2[C@@H](CC[C@@H]3[C@@H]2CC[C@]2(C)[C@@H](C(=O)Cn4nccn4)CC[C@@H]32)C[C@]1(C)O. The highest BCUT2D eigenvalue weighted by Crippen LogP contribution is 2.64. The van der Waals surface area contributed by atoms with Crippen molar-refractivity contribution in [2.75, 3.05) is 6.61 Å². The fraction of sp³-hybridized carbons (Fsp3) is 0.880. The van der Waals surface area contributed by atoms with E-state index in [1.165, 1.54) is 30.5 Å². The maximum atomic E-state index is 13.2. The molecule has 4 saturated carbocycles. The molecule has 4 aliphatic carbocycles. The van der Waals surface area contributed by atoms with Gasteiger partial charge in [0.15, 0.2) is 5.78 Å². The summed E-state index contributed by atoms with van der Waals surface area (Å²) in [5.41, 5.74) is -0.573. The molecule has 6 nitrogen and oxygen atoms in total. The summed E-state index contributed by atoms with van der Waals surface area (Å²) in [6.07, 6.45) is 12.2. The first-order chi connectivity index (χ1) is 14.8. The van der Waals surface area contributed by atoms with Crippen molar-refractivity contribution >= 4 is 5.78 Å². The van der Waals surface area contributed by atoms with Crippen molar-refractivity contribution in [2.24, 2.45) is 40.9 Å². The molecule has 0 aromatic carbocycles. The molecule has 1 aromatic rings. The first-order valence-electron chi connectivity index (χ1n) is 12.5. The molecule has 4 fully saturated rings. The second kappa shape index (κ2) is 7.95. The molecule has 0 aliphatic heterocycles. The molecule has 0 amide bonds. The van der Waals surface area contributed by atoms with Crippen LogP contribution in [0.4, 0.5) is 0 Å². The highest BCUT2D eigenvalue weighted by Gasteiger charge is 2.59. The molecule has 0 unspecified atom stereocenters. The minimum absolute atomic E-state index is 0.0368. The van der Waals surface area contributed by atoms with E-state index in [1.54, 1.807) is 12.4 Å². The van der Waals surface area contributed by atoms with Crippen LogP contribution in [-0.4, -0.2) is 44.2 Å². The molecule has 5 rings (SSSR count). The van der Waals surface area contributed by atoms with E-state index in [-0.39, 0.29) is 17.4 Å². The Morgan fingerprint density at radius 2 is 1.87 bits per heavy atom. The van der Waals surface area contributed by atoms with E-state index in [0.29, 0.717) is 36.7 Å². The summed E-state index contributed by atoms with van der Waals surface area (Å²) < 4.78 is 6.02. The van der Waals surface area contributed by atoms with Crippen LogP contribution in [0.25, 0.3) is 0 Å². The zero-order valence-corrected chi connectivity index (χ0v) is 19.4. The van der Waals surface area contributed by atoms with E-state index in [9.17, 15) is 9.90 Å². The van der Waals surface area contributed by atoms with E-state index >= 15 is 0 Å². The van der Waals surface area contributed by atoms with E-state index in [2.05, 4.69) is 17.1 Å². The number of fused-ring (bicyclic) bond motifs is 5. The lowest BCUT2D eigenvalue weighted by Gasteiger charge is -2.58. The van der Waals surface area contributed by atoms with E-state index in [1.807, 2.05) is 13.8 Å². The van der Waals surface area contributed by atoms with Gasteiger partial charge in [-0.25, -0.2) is 0 Å². The second-order valence-electron chi connectivity index (χ2n) is 11.4. The van der Waals surface area contributed by atoms with Crippen molar-refractivity contribution < 1.29 is 14.6 Å². The van der Waals surface area contributed by atoms with Crippen molar-refractivity contribution in [3.8, 4) is 0 Å². The number of carbonyl (C=O) groups is 1. The van der Waals surface area contributed by atoms with Crippen LogP contribution < -0.4 is 0 Å². The standard InChI is InChI=1S/C25H39N3O3/c1-4-31-23-13-19-16(14-25(23,3)30)5-6-18-17(19)9-10-24(2)20(18)7-8-21(24)22(29)15-28-26-11-12-27-28/h11-12,16-21,23,30H,4-10,13-15H2,1-3H3/t16-,17-,18+,19-,20-,21+,23-,24-,25-/m0/s1. The van der Waals surface area contributed by atoms with Crippen molar-refractivity contribution in [3.63, 3.8) is 0 Å². The Kier molecular flexibility index (Phi) is 5.53. The highest BCUT2D eigenvalue weighted by molar-refractivity contribution is 5.81. The Morgan fingerprint density at radius 3 is 2.61 bits per heavy atom. The van der Waals surface area contributed by atoms with Gasteiger partial charge in [0.05, 0.1) is 24.1 Å². The van der Waals surface area contributed by atoms with E-state index in [0.717, 1.165) is 37.5 Å². The molecule has 4 aliphatic rings. The monoisotopic (exact) mass is 429 g/mol. The van der Waals surface area contributed by atoms with Gasteiger partial charge in [0.1, 0.15) is 6.54 Å². The normalized spacial score (nSPS) is 46.8. The number of aromatic nitrogens is 3. The van der Waals surface area contributed by atoms with Gasteiger partial charge in [0.2, 0.25) is 0 Å². The first-order valence-corrected chi connectivity index (χ1v) is 12.5. The van der Waals surface area contributed by atoms with Crippen LogP contribution in [0.3, 0.4) is 0 Å². The van der Waals surface area contributed by atoms with Gasteiger partial charge in [-0.05, 0) is 100 Å². The number of Topliss-reactive ketones (excluding diaryl/α,β-unsaturated/α-hetero) is 1. The fourth-order valence-corrected chi connectivity index (χ4v) is 8.57. The number of carbonyl (C=O) groups excluding carboxylic acids is 1. The minimum atomic E-state index is -0.696. The molecule has 9 atom stereocenters. The van der Waals surface area contributed by atoms with Crippen molar-refractivity contribution in [2.45, 2.75) is 90.4 Å². The van der Waals surface area contributed by atoms with Crippen LogP contribution >= 0.6 is 0 Å². The fourth-order valence-electron chi connectivity index (χ4n) is 8.57. The summed E-state index contributed by atoms with van der Waals surface area (Å²) in [4.78, 5) is 14.7. The van der Waals surface area contributed by atoms with Crippen molar-refractivity contribution in [3.05, 3.63) is 12.4 Å². The zero-order valence-electron chi connectivity index (χ0n) is 19.4. The molecule has 0 spiro atoms. The minimum Gasteiger partial charge on any atom is -0.387 e. The third-order valence-corrected chi connectivity index (χ3v) is 9.89. The van der Waals surface area contributed by atoms with E-state index < -0.39 is 5.60 Å². The number of hydrogen-bond acceptors (Lipinski definition) is 5. The summed E-state index contributed by atoms with van der Waals surface area (Å²) in [6.45, 7) is 7.40. The quantitative estimate of drug-likeness (QED) is 0.769. The van der Waals surface area contributed by atoms with Gasteiger partial charge in [-0.1, -0.05) is 6.92 Å². The Hall–Kier alpha value is -1.27. The molecular weight excluding hydrogens is 390 g/mol. The van der Waals surface area contributed by atoms with Crippen LogP contribution in [-0.2, 0) is 16.1 Å². The Bertz CT molecular complexity index is 794. The Labute approximate surface area is 186 Å². The molecule has 0 bridgehead atoms. The molecule has 172 valence electrons. The molecule has 1 aromatic heterocycles. The summed E-state index contributed by atoms with van der Waals surface area (Å²) in [7, 11) is 0. The largest absolute Gasteiger partial charge is 0.387 e. The van der Waals surface area contributed by atoms with Gasteiger partial charge in [-0.15, -0.1) is 0 Å². The van der Waals surface area contributed by atoms with Crippen LogP contribution in [0.5, 0.6) is 0 Å².